The van der Waals surface area contributed by atoms with Gasteiger partial charge in [-0.1, -0.05) is 0 Å². The molecule has 0 aliphatic carbocycles. The molecule has 1 N–H and O–H groups in total. The molecule has 1 aromatic rings. The number of rotatable bonds is 2. The van der Waals surface area contributed by atoms with Crippen LogP contribution in [-0.4, -0.2) is 50.9 Å². The summed E-state index contributed by atoms with van der Waals surface area (Å²) < 4.78 is 40.3. The number of aromatic nitrogens is 2. The lowest BCUT2D eigenvalue weighted by atomic mass is 9.96. The first-order valence-corrected chi connectivity index (χ1v) is 6.63. The van der Waals surface area contributed by atoms with Crippen LogP contribution in [0.3, 0.4) is 0 Å². The van der Waals surface area contributed by atoms with Crippen molar-refractivity contribution >= 4 is 24.3 Å². The summed E-state index contributed by atoms with van der Waals surface area (Å²) in [5, 5.41) is 13.0. The molecule has 23 heavy (non-hydrogen) atoms. The second-order valence-electron chi connectivity index (χ2n) is 5.47. The van der Waals surface area contributed by atoms with E-state index in [1.165, 1.54) is 4.68 Å². The van der Waals surface area contributed by atoms with E-state index in [1.54, 1.807) is 20.9 Å². The predicted molar refractivity (Wildman–Crippen MR) is 76.5 cm³/mol. The monoisotopic (exact) mass is 355 g/mol. The van der Waals surface area contributed by atoms with E-state index in [0.717, 1.165) is 4.90 Å². The number of aliphatic carboxylic acids is 1. The van der Waals surface area contributed by atoms with Gasteiger partial charge in [0.25, 0.3) is 5.91 Å². The van der Waals surface area contributed by atoms with Gasteiger partial charge < -0.3 is 10.0 Å². The zero-order valence-corrected chi connectivity index (χ0v) is 13.5. The summed E-state index contributed by atoms with van der Waals surface area (Å²) in [6.07, 6.45) is -4.66. The van der Waals surface area contributed by atoms with Gasteiger partial charge in [0.2, 0.25) is 0 Å². The predicted octanol–water partition coefficient (Wildman–Crippen LogP) is 1.79. The Labute approximate surface area is 136 Å². The van der Waals surface area contributed by atoms with Crippen molar-refractivity contribution in [2.75, 3.05) is 13.1 Å². The molecule has 130 valence electrons. The van der Waals surface area contributed by atoms with Gasteiger partial charge in [0.05, 0.1) is 23.1 Å². The zero-order valence-electron chi connectivity index (χ0n) is 12.7. The highest BCUT2D eigenvalue weighted by Crippen LogP contribution is 2.38. The lowest BCUT2D eigenvalue weighted by Crippen LogP contribution is -2.34. The van der Waals surface area contributed by atoms with Crippen molar-refractivity contribution in [1.82, 2.24) is 14.7 Å². The van der Waals surface area contributed by atoms with E-state index in [2.05, 4.69) is 5.10 Å². The number of nitrogens with zero attached hydrogens (tertiary/aromatic N) is 3. The Morgan fingerprint density at radius 1 is 1.26 bits per heavy atom. The fourth-order valence-electron chi connectivity index (χ4n) is 2.79. The summed E-state index contributed by atoms with van der Waals surface area (Å²) in [4.78, 5) is 24.5. The van der Waals surface area contributed by atoms with Gasteiger partial charge in [-0.25, -0.2) is 0 Å². The second kappa shape index (κ2) is 6.38. The number of carboxylic acid groups (broad SMARTS) is 1. The third-order valence-electron chi connectivity index (χ3n) is 4.07. The van der Waals surface area contributed by atoms with Gasteiger partial charge in [-0.05, 0) is 13.8 Å². The van der Waals surface area contributed by atoms with Crippen LogP contribution in [0.15, 0.2) is 0 Å². The molecule has 0 aromatic carbocycles. The molecule has 1 fully saturated rings. The van der Waals surface area contributed by atoms with Crippen LogP contribution in [0.1, 0.15) is 21.7 Å². The third kappa shape index (κ3) is 3.44. The first-order chi connectivity index (χ1) is 10.0. The largest absolute Gasteiger partial charge is 0.481 e. The Kier molecular flexibility index (Phi) is 5.35. The van der Waals surface area contributed by atoms with Gasteiger partial charge in [0, 0.05) is 25.8 Å². The lowest BCUT2D eigenvalue weighted by Gasteiger charge is -2.18. The fourth-order valence-corrected chi connectivity index (χ4v) is 2.79. The van der Waals surface area contributed by atoms with Gasteiger partial charge in [0.15, 0.2) is 0 Å². The summed E-state index contributed by atoms with van der Waals surface area (Å²) in [7, 11) is 1.63. The number of halogens is 4. The number of aryl methyl sites for hydroxylation is 2. The van der Waals surface area contributed by atoms with Crippen LogP contribution < -0.4 is 0 Å². The molecule has 0 radical (unpaired) electrons. The molecular formula is C13H17ClF3N3O3. The summed E-state index contributed by atoms with van der Waals surface area (Å²) >= 11 is 0. The molecule has 10 heteroatoms. The smallest absolute Gasteiger partial charge is 0.394 e. The van der Waals surface area contributed by atoms with E-state index in [0.29, 0.717) is 11.4 Å². The zero-order chi connectivity index (χ0) is 16.8. The SMILES string of the molecule is Cc1nn(C)c(C)c1C(=O)N1C[C@@H](C(F)(F)F)[C@H](C(=O)O)C1.Cl. The fraction of sp³-hybridized carbons (Fsp3) is 0.615. The van der Waals surface area contributed by atoms with Gasteiger partial charge in [-0.3, -0.25) is 14.3 Å². The number of amides is 1. The number of carbonyl (C=O) groups excluding carboxylic acids is 1. The molecule has 0 spiro atoms. The average Bonchev–Trinajstić information content (AvgIpc) is 2.92. The van der Waals surface area contributed by atoms with Gasteiger partial charge in [0.1, 0.15) is 0 Å². The Balaban J connectivity index is 0.00000264. The Bertz CT molecular complexity index is 630. The maximum atomic E-state index is 13.0. The molecule has 1 amide bonds. The molecule has 6 nitrogen and oxygen atoms in total. The number of likely N-dealkylation sites (tertiary alicyclic amines) is 1. The van der Waals surface area contributed by atoms with Crippen molar-refractivity contribution in [2.45, 2.75) is 20.0 Å². The molecule has 1 aliphatic heterocycles. The molecule has 0 bridgehead atoms. The first kappa shape index (κ1) is 19.3. The van der Waals surface area contributed by atoms with Crippen LogP contribution in [-0.2, 0) is 11.8 Å². The molecule has 2 rings (SSSR count). The molecule has 2 heterocycles. The van der Waals surface area contributed by atoms with E-state index >= 15 is 0 Å². The van der Waals surface area contributed by atoms with Crippen LogP contribution in [0, 0.1) is 25.7 Å². The summed E-state index contributed by atoms with van der Waals surface area (Å²) in [6, 6.07) is 0. The highest BCUT2D eigenvalue weighted by atomic mass is 35.5. The average molecular weight is 356 g/mol. The Morgan fingerprint density at radius 2 is 1.83 bits per heavy atom. The van der Waals surface area contributed by atoms with Crippen molar-refractivity contribution in [3.63, 3.8) is 0 Å². The van der Waals surface area contributed by atoms with Crippen molar-refractivity contribution < 1.29 is 27.9 Å². The molecule has 0 unspecified atom stereocenters. The molecular weight excluding hydrogens is 339 g/mol. The number of alkyl halides is 3. The van der Waals surface area contributed by atoms with E-state index in [-0.39, 0.29) is 18.0 Å². The maximum absolute atomic E-state index is 13.0. The minimum Gasteiger partial charge on any atom is -0.481 e. The van der Waals surface area contributed by atoms with Crippen molar-refractivity contribution in [3.05, 3.63) is 17.0 Å². The number of hydrogen-bond acceptors (Lipinski definition) is 3. The number of hydrogen-bond donors (Lipinski definition) is 1. The van der Waals surface area contributed by atoms with E-state index in [1.807, 2.05) is 0 Å². The standard InChI is InChI=1S/C13H16F3N3O3.ClH/c1-6-10(7(2)18(3)17-6)11(20)19-4-8(12(21)22)9(5-19)13(14,15)16;/h8-9H,4-5H2,1-3H3,(H,21,22);1H/t8-,9-;/m1./s1. The first-order valence-electron chi connectivity index (χ1n) is 6.63. The molecule has 0 saturated carbocycles. The van der Waals surface area contributed by atoms with E-state index in [4.69, 9.17) is 5.11 Å². The van der Waals surface area contributed by atoms with Crippen LogP contribution in [0.2, 0.25) is 0 Å². The minimum atomic E-state index is -4.66. The summed E-state index contributed by atoms with van der Waals surface area (Å²) in [6.45, 7) is 2.13. The number of carboxylic acids is 1. The van der Waals surface area contributed by atoms with Crippen molar-refractivity contribution in [2.24, 2.45) is 18.9 Å². The van der Waals surface area contributed by atoms with Crippen LogP contribution in [0.25, 0.3) is 0 Å². The minimum absolute atomic E-state index is 0. The van der Waals surface area contributed by atoms with Gasteiger partial charge in [-0.15, -0.1) is 12.4 Å². The lowest BCUT2D eigenvalue weighted by molar-refractivity contribution is -0.187. The van der Waals surface area contributed by atoms with E-state index in [9.17, 15) is 22.8 Å². The highest BCUT2D eigenvalue weighted by Gasteiger charge is 2.53. The second-order valence-corrected chi connectivity index (χ2v) is 5.47. The topological polar surface area (TPSA) is 75.4 Å². The van der Waals surface area contributed by atoms with Crippen molar-refractivity contribution in [3.8, 4) is 0 Å². The summed E-state index contributed by atoms with van der Waals surface area (Å²) in [5.41, 5.74) is 1.17. The molecule has 1 aromatic heterocycles. The highest BCUT2D eigenvalue weighted by molar-refractivity contribution is 5.97. The molecule has 1 saturated heterocycles. The van der Waals surface area contributed by atoms with Crippen LogP contribution in [0.4, 0.5) is 13.2 Å². The summed E-state index contributed by atoms with van der Waals surface area (Å²) in [5.74, 6) is -5.84. The van der Waals surface area contributed by atoms with Gasteiger partial charge >= 0.3 is 12.1 Å². The Morgan fingerprint density at radius 3 is 2.17 bits per heavy atom. The molecule has 2 atom stereocenters. The maximum Gasteiger partial charge on any atom is 0.394 e. The number of carbonyl (C=O) groups is 2. The van der Waals surface area contributed by atoms with E-state index < -0.39 is 43.0 Å². The quantitative estimate of drug-likeness (QED) is 0.877. The van der Waals surface area contributed by atoms with Crippen molar-refractivity contribution in [1.29, 1.82) is 0 Å². The van der Waals surface area contributed by atoms with Crippen LogP contribution >= 0.6 is 12.4 Å². The van der Waals surface area contributed by atoms with Gasteiger partial charge in [-0.2, -0.15) is 18.3 Å². The Hall–Kier alpha value is -1.77. The molecule has 1 aliphatic rings. The third-order valence-corrected chi connectivity index (χ3v) is 4.07. The normalized spacial score (nSPS) is 21.2. The van der Waals surface area contributed by atoms with Crippen LogP contribution in [0.5, 0.6) is 0 Å².